The zero-order valence-corrected chi connectivity index (χ0v) is 17.9. The van der Waals surface area contributed by atoms with E-state index in [1.165, 1.54) is 22.2 Å². The van der Waals surface area contributed by atoms with Crippen molar-refractivity contribution in [3.63, 3.8) is 0 Å². The lowest BCUT2D eigenvalue weighted by Crippen LogP contribution is -2.40. The fourth-order valence-corrected chi connectivity index (χ4v) is 5.76. The molecule has 5 nitrogen and oxygen atoms in total. The first-order valence-electron chi connectivity index (χ1n) is 9.65. The number of aromatic nitrogens is 2. The lowest BCUT2D eigenvalue weighted by Gasteiger charge is -2.35. The van der Waals surface area contributed by atoms with Crippen LogP contribution in [0.1, 0.15) is 29.8 Å². The molecule has 0 spiro atoms. The number of thioether (sulfide) groups is 1. The van der Waals surface area contributed by atoms with Gasteiger partial charge in [0.2, 0.25) is 5.91 Å². The first kappa shape index (κ1) is 19.5. The van der Waals surface area contributed by atoms with E-state index in [1.807, 2.05) is 29.5 Å². The number of hydrogen-bond acceptors (Lipinski definition) is 5. The molecule has 0 saturated heterocycles. The number of hydrogen-bond donors (Lipinski definition) is 0. The van der Waals surface area contributed by atoms with Gasteiger partial charge >= 0.3 is 0 Å². The van der Waals surface area contributed by atoms with E-state index in [0.717, 1.165) is 42.1 Å². The Morgan fingerprint density at radius 2 is 2.21 bits per heavy atom. The molecule has 148 valence electrons. The third-order valence-electron chi connectivity index (χ3n) is 5.27. The summed E-state index contributed by atoms with van der Waals surface area (Å²) in [6.45, 7) is 4.32. The van der Waals surface area contributed by atoms with Crippen molar-refractivity contribution < 1.29 is 9.53 Å². The first-order valence-corrected chi connectivity index (χ1v) is 11.5. The van der Waals surface area contributed by atoms with Crippen molar-refractivity contribution >= 4 is 40.0 Å². The normalized spacial score (nSPS) is 16.5. The molecule has 1 aromatic carbocycles. The van der Waals surface area contributed by atoms with Crippen molar-refractivity contribution in [2.24, 2.45) is 0 Å². The van der Waals surface area contributed by atoms with Gasteiger partial charge < -0.3 is 14.2 Å². The fraction of sp³-hybridized carbons (Fsp3) is 0.429. The average molecular weight is 416 g/mol. The zero-order chi connectivity index (χ0) is 19.5. The minimum Gasteiger partial charge on any atom is -0.383 e. The van der Waals surface area contributed by atoms with Gasteiger partial charge in [0, 0.05) is 25.1 Å². The highest BCUT2D eigenvalue weighted by Crippen LogP contribution is 2.36. The summed E-state index contributed by atoms with van der Waals surface area (Å²) in [5, 5.41) is 3.03. The Morgan fingerprint density at radius 3 is 3.04 bits per heavy atom. The number of ether oxygens (including phenoxy) is 1. The minimum atomic E-state index is 0.194. The highest BCUT2D eigenvalue weighted by atomic mass is 32.2. The minimum absolute atomic E-state index is 0.194. The van der Waals surface area contributed by atoms with E-state index in [-0.39, 0.29) is 11.9 Å². The topological polar surface area (TPSA) is 47.4 Å². The molecular weight excluding hydrogens is 390 g/mol. The second kappa shape index (κ2) is 8.68. The number of carbonyl (C=O) groups is 1. The van der Waals surface area contributed by atoms with E-state index < -0.39 is 0 Å². The van der Waals surface area contributed by atoms with Crippen LogP contribution in [0.3, 0.4) is 0 Å². The Kier molecular flexibility index (Phi) is 6.04. The van der Waals surface area contributed by atoms with E-state index >= 15 is 0 Å². The molecule has 2 aromatic heterocycles. The Hall–Kier alpha value is -1.83. The number of carbonyl (C=O) groups excluding carboxylic acids is 1. The molecule has 3 heterocycles. The lowest BCUT2D eigenvalue weighted by atomic mass is 9.98. The van der Waals surface area contributed by atoms with Crippen LogP contribution in [0.25, 0.3) is 11.0 Å². The second-order valence-electron chi connectivity index (χ2n) is 6.88. The molecule has 1 aliphatic rings. The molecular formula is C21H25N3O2S2. The van der Waals surface area contributed by atoms with Gasteiger partial charge in [-0.25, -0.2) is 4.98 Å². The van der Waals surface area contributed by atoms with Crippen molar-refractivity contribution in [1.82, 2.24) is 14.5 Å². The summed E-state index contributed by atoms with van der Waals surface area (Å²) in [6, 6.07) is 10.5. The van der Waals surface area contributed by atoms with Gasteiger partial charge in [-0.2, -0.15) is 0 Å². The molecule has 0 radical (unpaired) electrons. The highest BCUT2D eigenvalue weighted by Gasteiger charge is 2.30. The summed E-state index contributed by atoms with van der Waals surface area (Å²) >= 11 is 3.34. The maximum Gasteiger partial charge on any atom is 0.233 e. The zero-order valence-electron chi connectivity index (χ0n) is 16.3. The highest BCUT2D eigenvalue weighted by molar-refractivity contribution is 7.99. The number of amides is 1. The number of methoxy groups -OCH3 is 1. The quantitative estimate of drug-likeness (QED) is 0.538. The standard InChI is InChI=1S/C21H25N3O2S2/c1-3-17-15-9-13-27-19(15)8-10-23(17)20(25)14-28-21-22-16-6-4-5-7-18(16)24(21)11-12-26-2/h4-7,9,13,17H,3,8,10-12,14H2,1-2H3. The van der Waals surface area contributed by atoms with Crippen LogP contribution < -0.4 is 0 Å². The van der Waals surface area contributed by atoms with Crippen molar-refractivity contribution in [3.8, 4) is 0 Å². The van der Waals surface area contributed by atoms with Crippen LogP contribution in [0.5, 0.6) is 0 Å². The van der Waals surface area contributed by atoms with Crippen LogP contribution in [-0.2, 0) is 22.5 Å². The summed E-state index contributed by atoms with van der Waals surface area (Å²) in [4.78, 5) is 21.3. The van der Waals surface area contributed by atoms with E-state index in [4.69, 9.17) is 9.72 Å². The SMILES string of the molecule is CCC1c2ccsc2CCN1C(=O)CSc1nc2ccccc2n1CCOC. The van der Waals surface area contributed by atoms with Gasteiger partial charge in [-0.1, -0.05) is 30.8 Å². The number of imidazole rings is 1. The number of thiophene rings is 1. The van der Waals surface area contributed by atoms with Crippen LogP contribution in [-0.4, -0.2) is 46.4 Å². The van der Waals surface area contributed by atoms with E-state index in [0.29, 0.717) is 12.4 Å². The van der Waals surface area contributed by atoms with Crippen LogP contribution in [0.2, 0.25) is 0 Å². The molecule has 0 N–H and O–H groups in total. The Bertz CT molecular complexity index is 966. The molecule has 1 atom stereocenters. The van der Waals surface area contributed by atoms with Gasteiger partial charge in [0.25, 0.3) is 0 Å². The Morgan fingerprint density at radius 1 is 1.36 bits per heavy atom. The third kappa shape index (κ3) is 3.71. The van der Waals surface area contributed by atoms with Crippen LogP contribution >= 0.6 is 23.1 Å². The predicted molar refractivity (Wildman–Crippen MR) is 115 cm³/mol. The van der Waals surface area contributed by atoms with Crippen molar-refractivity contribution in [2.45, 2.75) is 37.5 Å². The molecule has 1 unspecified atom stereocenters. The van der Waals surface area contributed by atoms with E-state index in [9.17, 15) is 4.79 Å². The maximum atomic E-state index is 13.1. The molecule has 3 aromatic rings. The molecule has 28 heavy (non-hydrogen) atoms. The van der Waals surface area contributed by atoms with E-state index in [2.05, 4.69) is 33.9 Å². The third-order valence-corrected chi connectivity index (χ3v) is 7.22. The summed E-state index contributed by atoms with van der Waals surface area (Å²) in [5.41, 5.74) is 3.38. The first-order chi connectivity index (χ1) is 13.7. The second-order valence-corrected chi connectivity index (χ2v) is 8.82. The summed E-state index contributed by atoms with van der Waals surface area (Å²) in [7, 11) is 1.70. The smallest absolute Gasteiger partial charge is 0.233 e. The van der Waals surface area contributed by atoms with Crippen molar-refractivity contribution in [1.29, 1.82) is 0 Å². The van der Waals surface area contributed by atoms with Crippen molar-refractivity contribution in [2.75, 3.05) is 26.0 Å². The van der Waals surface area contributed by atoms with E-state index in [1.54, 1.807) is 7.11 Å². The molecule has 1 aliphatic heterocycles. The average Bonchev–Trinajstić information content (AvgIpc) is 3.33. The number of fused-ring (bicyclic) bond motifs is 2. The molecule has 0 saturated carbocycles. The van der Waals surface area contributed by atoms with Crippen LogP contribution in [0.15, 0.2) is 40.9 Å². The predicted octanol–water partition coefficient (Wildman–Crippen LogP) is 4.37. The van der Waals surface area contributed by atoms with Crippen LogP contribution in [0, 0.1) is 0 Å². The number of benzene rings is 1. The van der Waals surface area contributed by atoms with Crippen molar-refractivity contribution in [3.05, 3.63) is 46.2 Å². The van der Waals surface area contributed by atoms with Crippen LogP contribution in [0.4, 0.5) is 0 Å². The fourth-order valence-electron chi connectivity index (χ4n) is 3.91. The molecule has 1 amide bonds. The molecule has 0 fully saturated rings. The number of para-hydroxylation sites is 2. The summed E-state index contributed by atoms with van der Waals surface area (Å²) in [5.74, 6) is 0.603. The van der Waals surface area contributed by atoms with Gasteiger partial charge in [-0.15, -0.1) is 11.3 Å². The monoisotopic (exact) mass is 415 g/mol. The van der Waals surface area contributed by atoms with Gasteiger partial charge in [0.15, 0.2) is 5.16 Å². The molecule has 7 heteroatoms. The largest absolute Gasteiger partial charge is 0.383 e. The molecule has 4 rings (SSSR count). The summed E-state index contributed by atoms with van der Waals surface area (Å²) < 4.78 is 7.42. The Balaban J connectivity index is 1.50. The number of nitrogens with zero attached hydrogens (tertiary/aromatic N) is 3. The number of rotatable bonds is 7. The summed E-state index contributed by atoms with van der Waals surface area (Å²) in [6.07, 6.45) is 1.92. The molecule has 0 bridgehead atoms. The van der Waals surface area contributed by atoms with Gasteiger partial charge in [0.1, 0.15) is 0 Å². The van der Waals surface area contributed by atoms with Gasteiger partial charge in [-0.05, 0) is 42.0 Å². The van der Waals surface area contributed by atoms with Gasteiger partial charge in [-0.3, -0.25) is 4.79 Å². The Labute approximate surface area is 173 Å². The van der Waals surface area contributed by atoms with Gasteiger partial charge in [0.05, 0.1) is 29.4 Å². The maximum absolute atomic E-state index is 13.1. The lowest BCUT2D eigenvalue weighted by molar-refractivity contribution is -0.131. The molecule has 0 aliphatic carbocycles.